The van der Waals surface area contributed by atoms with E-state index in [1.165, 1.54) is 24.3 Å². The maximum Gasteiger partial charge on any atom is 0.343 e. The number of ketones is 1. The highest BCUT2D eigenvalue weighted by Crippen LogP contribution is 2.19. The van der Waals surface area contributed by atoms with Crippen LogP contribution in [0.1, 0.15) is 33.2 Å². The Hall–Kier alpha value is -3.87. The zero-order valence-corrected chi connectivity index (χ0v) is 15.5. The van der Waals surface area contributed by atoms with Gasteiger partial charge in [-0.2, -0.15) is 0 Å². The summed E-state index contributed by atoms with van der Waals surface area (Å²) < 4.78 is 20.1. The third kappa shape index (κ3) is 3.75. The summed E-state index contributed by atoms with van der Waals surface area (Å²) in [4.78, 5) is 24.8. The standard InChI is InChI=1S/C22H16FN3O3/c1-2-26-20-12-7-16(13-19(20)24-25-26)22(28)29-18-10-5-15(6-11-18)21(27)14-3-8-17(23)9-4-14/h3-13H,2H2,1H3. The lowest BCUT2D eigenvalue weighted by molar-refractivity contribution is 0.0735. The molecule has 0 aliphatic rings. The first kappa shape index (κ1) is 18.5. The molecule has 29 heavy (non-hydrogen) atoms. The van der Waals surface area contributed by atoms with E-state index in [1.807, 2.05) is 6.92 Å². The molecule has 1 aromatic heterocycles. The van der Waals surface area contributed by atoms with Gasteiger partial charge in [-0.15, -0.1) is 5.10 Å². The smallest absolute Gasteiger partial charge is 0.343 e. The number of hydrogen-bond acceptors (Lipinski definition) is 5. The van der Waals surface area contributed by atoms with Crippen LogP contribution in [0.2, 0.25) is 0 Å². The van der Waals surface area contributed by atoms with Crippen molar-refractivity contribution in [3.63, 3.8) is 0 Å². The third-order valence-corrected chi connectivity index (χ3v) is 4.48. The highest BCUT2D eigenvalue weighted by atomic mass is 19.1. The molecule has 0 radical (unpaired) electrons. The monoisotopic (exact) mass is 389 g/mol. The number of aromatic nitrogens is 3. The quantitative estimate of drug-likeness (QED) is 0.293. The molecule has 0 unspecified atom stereocenters. The summed E-state index contributed by atoms with van der Waals surface area (Å²) in [6, 6.07) is 16.6. The molecular weight excluding hydrogens is 373 g/mol. The number of hydrogen-bond donors (Lipinski definition) is 0. The van der Waals surface area contributed by atoms with Crippen LogP contribution in [0.4, 0.5) is 4.39 Å². The lowest BCUT2D eigenvalue weighted by Crippen LogP contribution is -2.09. The van der Waals surface area contributed by atoms with Gasteiger partial charge in [-0.05, 0) is 73.7 Å². The van der Waals surface area contributed by atoms with Crippen LogP contribution in [0.3, 0.4) is 0 Å². The number of benzene rings is 3. The van der Waals surface area contributed by atoms with Crippen molar-refractivity contribution in [2.24, 2.45) is 0 Å². The summed E-state index contributed by atoms with van der Waals surface area (Å²) in [5.41, 5.74) is 2.60. The van der Waals surface area contributed by atoms with Crippen LogP contribution in [-0.4, -0.2) is 26.7 Å². The Labute approximate surface area is 165 Å². The molecule has 4 rings (SSSR count). The third-order valence-electron chi connectivity index (χ3n) is 4.48. The number of esters is 1. The second kappa shape index (κ2) is 7.63. The van der Waals surface area contributed by atoms with Crippen LogP contribution in [0.25, 0.3) is 11.0 Å². The van der Waals surface area contributed by atoms with Crippen LogP contribution >= 0.6 is 0 Å². The number of carbonyl (C=O) groups is 2. The first-order valence-corrected chi connectivity index (χ1v) is 9.01. The largest absolute Gasteiger partial charge is 0.423 e. The molecule has 0 aliphatic heterocycles. The Balaban J connectivity index is 1.49. The number of rotatable bonds is 5. The zero-order valence-electron chi connectivity index (χ0n) is 15.5. The van der Waals surface area contributed by atoms with E-state index < -0.39 is 11.8 Å². The summed E-state index contributed by atoms with van der Waals surface area (Å²) in [5.74, 6) is -0.870. The van der Waals surface area contributed by atoms with Crippen molar-refractivity contribution in [1.29, 1.82) is 0 Å². The van der Waals surface area contributed by atoms with Crippen molar-refractivity contribution in [3.05, 3.63) is 89.2 Å². The summed E-state index contributed by atoms with van der Waals surface area (Å²) in [6.07, 6.45) is 0. The molecule has 0 bridgehead atoms. The maximum atomic E-state index is 13.0. The molecule has 1 heterocycles. The van der Waals surface area contributed by atoms with E-state index in [2.05, 4.69) is 10.3 Å². The molecule has 144 valence electrons. The van der Waals surface area contributed by atoms with Gasteiger partial charge in [0.1, 0.15) is 17.1 Å². The summed E-state index contributed by atoms with van der Waals surface area (Å²) in [5, 5.41) is 8.07. The first-order valence-electron chi connectivity index (χ1n) is 9.01. The van der Waals surface area contributed by atoms with E-state index in [1.54, 1.807) is 47.1 Å². The van der Waals surface area contributed by atoms with E-state index in [0.717, 1.165) is 5.52 Å². The van der Waals surface area contributed by atoms with Crippen molar-refractivity contribution in [2.45, 2.75) is 13.5 Å². The van der Waals surface area contributed by atoms with Gasteiger partial charge in [0.15, 0.2) is 5.78 Å². The molecule has 0 atom stereocenters. The van der Waals surface area contributed by atoms with E-state index in [4.69, 9.17) is 4.74 Å². The minimum absolute atomic E-state index is 0.243. The minimum atomic E-state index is -0.532. The molecule has 0 saturated heterocycles. The molecule has 0 spiro atoms. The van der Waals surface area contributed by atoms with Gasteiger partial charge in [-0.1, -0.05) is 5.21 Å². The molecule has 0 amide bonds. The van der Waals surface area contributed by atoms with Gasteiger partial charge in [0.2, 0.25) is 0 Å². The summed E-state index contributed by atoms with van der Waals surface area (Å²) >= 11 is 0. The molecule has 6 nitrogen and oxygen atoms in total. The summed E-state index contributed by atoms with van der Waals surface area (Å²) in [7, 11) is 0. The van der Waals surface area contributed by atoms with Gasteiger partial charge in [0, 0.05) is 17.7 Å². The van der Waals surface area contributed by atoms with Crippen molar-refractivity contribution in [3.8, 4) is 5.75 Å². The number of carbonyl (C=O) groups excluding carboxylic acids is 2. The van der Waals surface area contributed by atoms with Crippen molar-refractivity contribution >= 4 is 22.8 Å². The van der Waals surface area contributed by atoms with Gasteiger partial charge in [0.25, 0.3) is 0 Å². The van der Waals surface area contributed by atoms with E-state index in [9.17, 15) is 14.0 Å². The van der Waals surface area contributed by atoms with Crippen molar-refractivity contribution < 1.29 is 18.7 Å². The molecule has 0 aliphatic carbocycles. The fourth-order valence-electron chi connectivity index (χ4n) is 2.94. The van der Waals surface area contributed by atoms with Crippen molar-refractivity contribution in [2.75, 3.05) is 0 Å². The lowest BCUT2D eigenvalue weighted by atomic mass is 10.0. The average Bonchev–Trinajstić information content (AvgIpc) is 3.16. The fraction of sp³-hybridized carbons (Fsp3) is 0.0909. The van der Waals surface area contributed by atoms with Crippen LogP contribution in [0.15, 0.2) is 66.7 Å². The number of fused-ring (bicyclic) bond motifs is 1. The Morgan fingerprint density at radius 1 is 0.931 bits per heavy atom. The van der Waals surface area contributed by atoms with Gasteiger partial charge < -0.3 is 4.74 Å². The maximum absolute atomic E-state index is 13.0. The number of nitrogens with zero attached hydrogens (tertiary/aromatic N) is 3. The predicted molar refractivity (Wildman–Crippen MR) is 104 cm³/mol. The fourth-order valence-corrected chi connectivity index (χ4v) is 2.94. The van der Waals surface area contributed by atoms with Gasteiger partial charge in [-0.3, -0.25) is 4.79 Å². The predicted octanol–water partition coefficient (Wildman–Crippen LogP) is 4.04. The molecule has 3 aromatic carbocycles. The zero-order chi connectivity index (χ0) is 20.4. The molecular formula is C22H16FN3O3. The Kier molecular flexibility index (Phi) is 4.87. The average molecular weight is 389 g/mol. The Morgan fingerprint density at radius 2 is 1.55 bits per heavy atom. The van der Waals surface area contributed by atoms with E-state index >= 15 is 0 Å². The van der Waals surface area contributed by atoms with Crippen LogP contribution in [0, 0.1) is 5.82 Å². The molecule has 0 N–H and O–H groups in total. The lowest BCUT2D eigenvalue weighted by Gasteiger charge is -2.06. The Bertz CT molecular complexity index is 1200. The van der Waals surface area contributed by atoms with E-state index in [0.29, 0.717) is 34.5 Å². The number of ether oxygens (including phenoxy) is 1. The van der Waals surface area contributed by atoms with E-state index in [-0.39, 0.29) is 5.78 Å². The second-order valence-corrected chi connectivity index (χ2v) is 6.36. The van der Waals surface area contributed by atoms with Gasteiger partial charge >= 0.3 is 5.97 Å². The van der Waals surface area contributed by atoms with Gasteiger partial charge in [-0.25, -0.2) is 13.9 Å². The van der Waals surface area contributed by atoms with Crippen LogP contribution in [0.5, 0.6) is 5.75 Å². The second-order valence-electron chi connectivity index (χ2n) is 6.36. The molecule has 0 saturated carbocycles. The molecule has 0 fully saturated rings. The first-order chi connectivity index (χ1) is 14.0. The minimum Gasteiger partial charge on any atom is -0.423 e. The SMILES string of the molecule is CCn1nnc2cc(C(=O)Oc3ccc(C(=O)c4ccc(F)cc4)cc3)ccc21. The van der Waals surface area contributed by atoms with Crippen molar-refractivity contribution in [1.82, 2.24) is 15.0 Å². The van der Waals surface area contributed by atoms with Gasteiger partial charge in [0.05, 0.1) is 11.1 Å². The molecule has 7 heteroatoms. The molecule has 4 aromatic rings. The highest BCUT2D eigenvalue weighted by Gasteiger charge is 2.13. The summed E-state index contributed by atoms with van der Waals surface area (Å²) in [6.45, 7) is 2.64. The van der Waals surface area contributed by atoms with Crippen LogP contribution < -0.4 is 4.74 Å². The normalized spacial score (nSPS) is 10.8. The van der Waals surface area contributed by atoms with Crippen LogP contribution in [-0.2, 0) is 6.54 Å². The number of aryl methyl sites for hydroxylation is 1. The topological polar surface area (TPSA) is 74.1 Å². The highest BCUT2D eigenvalue weighted by molar-refractivity contribution is 6.09. The Morgan fingerprint density at radius 3 is 2.21 bits per heavy atom. The number of halogens is 1.